The zero-order valence-electron chi connectivity index (χ0n) is 18.1. The van der Waals surface area contributed by atoms with Crippen LogP contribution in [-0.2, 0) is 6.54 Å². The summed E-state index contributed by atoms with van der Waals surface area (Å²) < 4.78 is 74.6. The Kier molecular flexibility index (Phi) is 7.97. The lowest BCUT2D eigenvalue weighted by Gasteiger charge is -2.19. The highest BCUT2D eigenvalue weighted by atomic mass is 35.5. The first-order valence-corrected chi connectivity index (χ1v) is 10.4. The molecule has 3 aromatic rings. The number of hydrogen-bond acceptors (Lipinski definition) is 5. The third-order valence-corrected chi connectivity index (χ3v) is 5.12. The van der Waals surface area contributed by atoms with Crippen molar-refractivity contribution in [3.63, 3.8) is 0 Å². The lowest BCUT2D eigenvalue weighted by atomic mass is 10.1. The van der Waals surface area contributed by atoms with E-state index in [1.807, 2.05) is 0 Å². The van der Waals surface area contributed by atoms with Gasteiger partial charge in [0, 0.05) is 12.6 Å². The van der Waals surface area contributed by atoms with Crippen molar-refractivity contribution >= 4 is 29.2 Å². The van der Waals surface area contributed by atoms with Gasteiger partial charge in [-0.05, 0) is 25.1 Å². The number of carboxylic acids is 1. The van der Waals surface area contributed by atoms with Gasteiger partial charge in [0.25, 0.3) is 12.3 Å². The fourth-order valence-electron chi connectivity index (χ4n) is 3.09. The molecule has 9 nitrogen and oxygen atoms in total. The predicted molar refractivity (Wildman–Crippen MR) is 116 cm³/mol. The number of halogens is 6. The molecular formula is C21H16ClF5N4O5. The van der Waals surface area contributed by atoms with Crippen molar-refractivity contribution in [3.05, 3.63) is 68.9 Å². The molecule has 15 heteroatoms. The van der Waals surface area contributed by atoms with Crippen LogP contribution in [-0.4, -0.2) is 50.5 Å². The highest BCUT2D eigenvalue weighted by Crippen LogP contribution is 2.30. The minimum absolute atomic E-state index is 0.162. The van der Waals surface area contributed by atoms with E-state index in [4.69, 9.17) is 16.3 Å². The topological polar surface area (TPSA) is 115 Å². The van der Waals surface area contributed by atoms with Crippen LogP contribution in [0.3, 0.4) is 0 Å². The summed E-state index contributed by atoms with van der Waals surface area (Å²) in [6.45, 7) is -0.455. The second kappa shape index (κ2) is 10.8. The minimum Gasteiger partial charge on any atom is -0.481 e. The minimum atomic E-state index is -3.37. The molecule has 36 heavy (non-hydrogen) atoms. The molecule has 1 atom stereocenters. The third-order valence-electron chi connectivity index (χ3n) is 4.80. The first kappa shape index (κ1) is 26.7. The summed E-state index contributed by atoms with van der Waals surface area (Å²) in [5, 5.41) is 14.6. The number of carboxylic acid groups (broad SMARTS) is 1. The molecule has 0 saturated heterocycles. The van der Waals surface area contributed by atoms with Crippen LogP contribution >= 0.6 is 11.6 Å². The van der Waals surface area contributed by atoms with E-state index in [0.717, 1.165) is 6.07 Å². The Bertz CT molecular complexity index is 1360. The SMILES string of the molecule is CCn1c(C(=O)O)nn(-c2cc(O[C@@H](CF)C(F)F)c(C(=O)Nc3c(F)cccc3Cl)cc2F)c1=O. The number of rotatable bonds is 9. The van der Waals surface area contributed by atoms with Gasteiger partial charge in [-0.1, -0.05) is 17.7 Å². The van der Waals surface area contributed by atoms with E-state index >= 15 is 4.39 Å². The number of anilines is 1. The van der Waals surface area contributed by atoms with E-state index in [2.05, 4.69) is 10.4 Å². The van der Waals surface area contributed by atoms with Crippen LogP contribution < -0.4 is 15.7 Å². The number of hydrogen-bond donors (Lipinski definition) is 2. The quantitative estimate of drug-likeness (QED) is 0.402. The summed E-state index contributed by atoms with van der Waals surface area (Å²) in [7, 11) is 0. The normalized spacial score (nSPS) is 12.0. The van der Waals surface area contributed by atoms with Crippen LogP contribution in [0.25, 0.3) is 5.69 Å². The molecule has 1 aromatic heterocycles. The molecule has 0 saturated carbocycles. The second-order valence-electron chi connectivity index (χ2n) is 7.06. The molecule has 0 unspecified atom stereocenters. The highest BCUT2D eigenvalue weighted by Gasteiger charge is 2.28. The number of carbonyl (C=O) groups excluding carboxylic acids is 1. The zero-order valence-corrected chi connectivity index (χ0v) is 18.9. The molecule has 2 N–H and O–H groups in total. The average Bonchev–Trinajstić information content (AvgIpc) is 3.16. The van der Waals surface area contributed by atoms with Gasteiger partial charge in [-0.2, -0.15) is 4.68 Å². The van der Waals surface area contributed by atoms with Crippen LogP contribution in [0.5, 0.6) is 5.75 Å². The van der Waals surface area contributed by atoms with E-state index < -0.39 is 76.9 Å². The standard InChI is InChI=1S/C21H16ClF5N4O5/c1-2-30-18(20(33)34)29-31(21(30)35)13-7-14(36-15(8-23)17(26)27)9(6-12(13)25)19(32)28-16-10(22)4-3-5-11(16)24/h3-7,15,17H,2,8H2,1H3,(H,28,32)(H,33,34)/t15-/m0/s1. The maximum atomic E-state index is 15.1. The maximum Gasteiger partial charge on any atom is 0.374 e. The smallest absolute Gasteiger partial charge is 0.374 e. The van der Waals surface area contributed by atoms with Gasteiger partial charge in [0.05, 0.1) is 16.3 Å². The lowest BCUT2D eigenvalue weighted by molar-refractivity contribution is -0.00159. The number of aromatic carboxylic acids is 1. The number of para-hydroxylation sites is 1. The summed E-state index contributed by atoms with van der Waals surface area (Å²) in [5.41, 5.74) is -3.18. The van der Waals surface area contributed by atoms with Crippen molar-refractivity contribution in [3.8, 4) is 11.4 Å². The highest BCUT2D eigenvalue weighted by molar-refractivity contribution is 6.34. The number of carbonyl (C=O) groups is 2. The van der Waals surface area contributed by atoms with Crippen LogP contribution in [0.15, 0.2) is 35.1 Å². The number of alkyl halides is 3. The Hall–Kier alpha value is -3.94. The lowest BCUT2D eigenvalue weighted by Crippen LogP contribution is -2.29. The molecule has 0 spiro atoms. The first-order chi connectivity index (χ1) is 17.0. The van der Waals surface area contributed by atoms with Crippen molar-refractivity contribution in [2.45, 2.75) is 26.0 Å². The summed E-state index contributed by atoms with van der Waals surface area (Å²) in [4.78, 5) is 36.8. The van der Waals surface area contributed by atoms with Gasteiger partial charge in [0.1, 0.15) is 29.7 Å². The van der Waals surface area contributed by atoms with E-state index in [1.54, 1.807) is 0 Å². The maximum absolute atomic E-state index is 15.1. The number of aromatic nitrogens is 3. The molecule has 1 amide bonds. The zero-order chi connectivity index (χ0) is 26.7. The summed E-state index contributed by atoms with van der Waals surface area (Å²) in [6.07, 6.45) is -5.77. The van der Waals surface area contributed by atoms with Gasteiger partial charge in [-0.15, -0.1) is 5.10 Å². The molecule has 0 aliphatic rings. The van der Waals surface area contributed by atoms with Crippen LogP contribution in [0.4, 0.5) is 27.6 Å². The number of nitrogens with one attached hydrogen (secondary N) is 1. The van der Waals surface area contributed by atoms with Crippen LogP contribution in [0.1, 0.15) is 27.9 Å². The fourth-order valence-corrected chi connectivity index (χ4v) is 3.30. The van der Waals surface area contributed by atoms with Gasteiger partial charge in [0.2, 0.25) is 5.82 Å². The molecule has 0 aliphatic heterocycles. The monoisotopic (exact) mass is 534 g/mol. The van der Waals surface area contributed by atoms with E-state index in [1.165, 1.54) is 19.1 Å². The first-order valence-electron chi connectivity index (χ1n) is 10.0. The largest absolute Gasteiger partial charge is 0.481 e. The Balaban J connectivity index is 2.18. The average molecular weight is 535 g/mol. The predicted octanol–water partition coefficient (Wildman–Crippen LogP) is 3.92. The molecule has 0 bridgehead atoms. The Morgan fingerprint density at radius 1 is 1.22 bits per heavy atom. The van der Waals surface area contributed by atoms with Crippen molar-refractivity contribution < 1.29 is 41.4 Å². The van der Waals surface area contributed by atoms with Gasteiger partial charge in [0.15, 0.2) is 6.10 Å². The van der Waals surface area contributed by atoms with E-state index in [-0.39, 0.29) is 11.6 Å². The van der Waals surface area contributed by atoms with Crippen LogP contribution in [0, 0.1) is 11.6 Å². The number of ether oxygens (including phenoxy) is 1. The number of benzene rings is 2. The van der Waals surface area contributed by atoms with Gasteiger partial charge >= 0.3 is 11.7 Å². The number of nitrogens with zero attached hydrogens (tertiary/aromatic N) is 3. The summed E-state index contributed by atoms with van der Waals surface area (Å²) >= 11 is 5.85. The molecule has 2 aromatic carbocycles. The fraction of sp³-hybridized carbons (Fsp3) is 0.238. The Morgan fingerprint density at radius 2 is 1.92 bits per heavy atom. The molecule has 3 rings (SSSR count). The van der Waals surface area contributed by atoms with Crippen molar-refractivity contribution in [2.24, 2.45) is 0 Å². The van der Waals surface area contributed by atoms with Crippen LogP contribution in [0.2, 0.25) is 5.02 Å². The molecule has 1 heterocycles. The summed E-state index contributed by atoms with van der Waals surface area (Å²) in [6, 6.07) is 4.47. The Labute approximate surface area is 203 Å². The number of amides is 1. The summed E-state index contributed by atoms with van der Waals surface area (Å²) in [5.74, 6) is -6.77. The van der Waals surface area contributed by atoms with Gasteiger partial charge in [-0.3, -0.25) is 9.36 Å². The molecular weight excluding hydrogens is 519 g/mol. The third kappa shape index (κ3) is 5.17. The van der Waals surface area contributed by atoms with Crippen molar-refractivity contribution in [1.82, 2.24) is 14.3 Å². The second-order valence-corrected chi connectivity index (χ2v) is 7.47. The molecule has 0 radical (unpaired) electrons. The van der Waals surface area contributed by atoms with Gasteiger partial charge < -0.3 is 15.2 Å². The van der Waals surface area contributed by atoms with E-state index in [9.17, 15) is 37.1 Å². The molecule has 0 aliphatic carbocycles. The molecule has 0 fully saturated rings. The Morgan fingerprint density at radius 3 is 2.44 bits per heavy atom. The van der Waals surface area contributed by atoms with E-state index in [0.29, 0.717) is 21.4 Å². The molecule has 192 valence electrons. The van der Waals surface area contributed by atoms with Crippen molar-refractivity contribution in [2.75, 3.05) is 12.0 Å². The van der Waals surface area contributed by atoms with Crippen molar-refractivity contribution in [1.29, 1.82) is 0 Å². The van der Waals surface area contributed by atoms with Gasteiger partial charge in [-0.25, -0.2) is 31.5 Å².